The van der Waals surface area contributed by atoms with Crippen LogP contribution in [0.25, 0.3) is 0 Å². The van der Waals surface area contributed by atoms with Gasteiger partial charge in [0.15, 0.2) is 6.61 Å². The molecular weight excluding hydrogens is 368 g/mol. The average molecular weight is 396 g/mol. The zero-order valence-electron chi connectivity index (χ0n) is 17.5. The van der Waals surface area contributed by atoms with Gasteiger partial charge in [-0.3, -0.25) is 14.4 Å². The van der Waals surface area contributed by atoms with Crippen molar-refractivity contribution < 1.29 is 19.1 Å². The highest BCUT2D eigenvalue weighted by Crippen LogP contribution is 2.22. The van der Waals surface area contributed by atoms with Gasteiger partial charge in [0.2, 0.25) is 11.7 Å². The smallest absolute Gasteiger partial charge is 0.310 e. The first kappa shape index (κ1) is 20.8. The summed E-state index contributed by atoms with van der Waals surface area (Å²) in [6, 6.07) is 9.44. The van der Waals surface area contributed by atoms with Crippen molar-refractivity contribution in [3.05, 3.63) is 52.8 Å². The molecule has 1 aliphatic heterocycles. The number of aryl methyl sites for hydroxylation is 1. The zero-order chi connectivity index (χ0) is 21.1. The summed E-state index contributed by atoms with van der Waals surface area (Å²) < 4.78 is 7.31. The van der Waals surface area contributed by atoms with Crippen LogP contribution in [0.4, 0.5) is 5.69 Å². The Morgan fingerprint density at radius 2 is 1.83 bits per heavy atom. The highest BCUT2D eigenvalue weighted by molar-refractivity contribution is 5.99. The second-order valence-electron chi connectivity index (χ2n) is 7.82. The van der Waals surface area contributed by atoms with Crippen LogP contribution in [0.2, 0.25) is 0 Å². The summed E-state index contributed by atoms with van der Waals surface area (Å²) in [6.07, 6.45) is 1.55. The molecule has 0 bridgehead atoms. The molecule has 0 saturated carbocycles. The average Bonchev–Trinajstić information content (AvgIpc) is 3.23. The Kier molecular flexibility index (Phi) is 6.20. The van der Waals surface area contributed by atoms with Crippen LogP contribution in [0.1, 0.15) is 60.0 Å². The lowest BCUT2D eigenvalue weighted by Gasteiger charge is -2.15. The van der Waals surface area contributed by atoms with Crippen molar-refractivity contribution in [2.45, 2.75) is 53.0 Å². The largest absolute Gasteiger partial charge is 0.457 e. The summed E-state index contributed by atoms with van der Waals surface area (Å²) >= 11 is 0. The summed E-state index contributed by atoms with van der Waals surface area (Å²) in [4.78, 5) is 38.2. The second-order valence-corrected chi connectivity index (χ2v) is 7.82. The minimum absolute atomic E-state index is 0.0898. The van der Waals surface area contributed by atoms with E-state index in [4.69, 9.17) is 4.74 Å². The lowest BCUT2D eigenvalue weighted by Crippen LogP contribution is -2.23. The number of nitrogens with zero attached hydrogens (tertiary/aromatic N) is 2. The van der Waals surface area contributed by atoms with E-state index in [2.05, 4.69) is 18.4 Å². The normalized spacial score (nSPS) is 14.0. The molecule has 2 heterocycles. The van der Waals surface area contributed by atoms with E-state index < -0.39 is 5.97 Å². The molecule has 1 aromatic heterocycles. The van der Waals surface area contributed by atoms with E-state index in [1.54, 1.807) is 4.90 Å². The van der Waals surface area contributed by atoms with E-state index in [1.807, 2.05) is 44.2 Å². The van der Waals surface area contributed by atoms with Gasteiger partial charge in [-0.25, -0.2) is 0 Å². The molecule has 0 N–H and O–H groups in total. The lowest BCUT2D eigenvalue weighted by atomic mass is 10.1. The summed E-state index contributed by atoms with van der Waals surface area (Å²) in [7, 11) is 0. The van der Waals surface area contributed by atoms with Crippen molar-refractivity contribution in [1.82, 2.24) is 4.57 Å². The van der Waals surface area contributed by atoms with Gasteiger partial charge in [-0.2, -0.15) is 0 Å². The van der Waals surface area contributed by atoms with Crippen LogP contribution in [-0.2, 0) is 20.7 Å². The van der Waals surface area contributed by atoms with Crippen LogP contribution in [0.15, 0.2) is 30.3 Å². The van der Waals surface area contributed by atoms with Gasteiger partial charge < -0.3 is 14.2 Å². The highest BCUT2D eigenvalue weighted by Gasteiger charge is 2.22. The molecule has 1 saturated heterocycles. The Hall–Kier alpha value is -2.89. The van der Waals surface area contributed by atoms with Crippen molar-refractivity contribution in [1.29, 1.82) is 0 Å². The number of rotatable bonds is 7. The Labute approximate surface area is 171 Å². The summed E-state index contributed by atoms with van der Waals surface area (Å²) in [5.41, 5.74) is 4.15. The molecule has 1 amide bonds. The molecule has 1 aromatic carbocycles. The van der Waals surface area contributed by atoms with E-state index in [9.17, 15) is 14.4 Å². The fourth-order valence-electron chi connectivity index (χ4n) is 4.01. The van der Waals surface area contributed by atoms with Crippen molar-refractivity contribution >= 4 is 23.3 Å². The fraction of sp³-hybridized carbons (Fsp3) is 0.435. The predicted molar refractivity (Wildman–Crippen MR) is 111 cm³/mol. The maximum Gasteiger partial charge on any atom is 0.310 e. The minimum Gasteiger partial charge on any atom is -0.457 e. The van der Waals surface area contributed by atoms with E-state index in [0.29, 0.717) is 12.0 Å². The van der Waals surface area contributed by atoms with Gasteiger partial charge in [0, 0.05) is 41.6 Å². The van der Waals surface area contributed by atoms with E-state index >= 15 is 0 Å². The number of benzene rings is 1. The Morgan fingerprint density at radius 3 is 2.38 bits per heavy atom. The Bertz CT molecular complexity index is 925. The number of ether oxygens (including phenoxy) is 1. The predicted octanol–water partition coefficient (Wildman–Crippen LogP) is 3.78. The summed E-state index contributed by atoms with van der Waals surface area (Å²) in [5, 5.41) is 0. The van der Waals surface area contributed by atoms with Gasteiger partial charge >= 0.3 is 5.97 Å². The van der Waals surface area contributed by atoms with Crippen LogP contribution >= 0.6 is 0 Å². The highest BCUT2D eigenvalue weighted by atomic mass is 16.5. The third-order valence-electron chi connectivity index (χ3n) is 5.34. The second kappa shape index (κ2) is 8.64. The molecule has 1 aliphatic rings. The minimum atomic E-state index is -0.444. The molecule has 0 atom stereocenters. The third-order valence-corrected chi connectivity index (χ3v) is 5.34. The molecule has 0 spiro atoms. The van der Waals surface area contributed by atoms with Gasteiger partial charge in [0.05, 0.1) is 6.42 Å². The van der Waals surface area contributed by atoms with Crippen LogP contribution in [0.5, 0.6) is 0 Å². The number of carbonyl (C=O) groups is 3. The van der Waals surface area contributed by atoms with E-state index in [-0.39, 0.29) is 30.8 Å². The fourth-order valence-corrected chi connectivity index (χ4v) is 4.01. The Balaban J connectivity index is 1.55. The molecule has 6 heteroatoms. The first-order valence-electron chi connectivity index (χ1n) is 10.0. The van der Waals surface area contributed by atoms with E-state index in [1.165, 1.54) is 0 Å². The number of hydrogen-bond acceptors (Lipinski definition) is 4. The molecule has 2 aromatic rings. The number of anilines is 1. The molecule has 3 rings (SSSR count). The topological polar surface area (TPSA) is 68.6 Å². The first-order chi connectivity index (χ1) is 13.8. The molecule has 0 radical (unpaired) electrons. The zero-order valence-corrected chi connectivity index (χ0v) is 17.5. The standard InChI is InChI=1S/C23H28N2O4/c1-15(2)25-16(3)12-20(17(25)4)21(26)14-29-23(28)13-18-7-9-19(10-8-18)24-11-5-6-22(24)27/h7-10,12,15H,5-6,11,13-14H2,1-4H3. The van der Waals surface area contributed by atoms with Gasteiger partial charge in [0.1, 0.15) is 0 Å². The number of carbonyl (C=O) groups excluding carboxylic acids is 3. The molecule has 6 nitrogen and oxygen atoms in total. The van der Waals surface area contributed by atoms with Crippen LogP contribution in [-0.4, -0.2) is 35.4 Å². The molecule has 0 unspecified atom stereocenters. The number of ketones is 1. The van der Waals surface area contributed by atoms with Gasteiger partial charge in [-0.05, 0) is 57.9 Å². The van der Waals surface area contributed by atoms with Gasteiger partial charge in [-0.1, -0.05) is 12.1 Å². The van der Waals surface area contributed by atoms with Crippen molar-refractivity contribution in [3.8, 4) is 0 Å². The van der Waals surface area contributed by atoms with Crippen molar-refractivity contribution in [2.24, 2.45) is 0 Å². The molecular formula is C23H28N2O4. The first-order valence-corrected chi connectivity index (χ1v) is 10.0. The monoisotopic (exact) mass is 396 g/mol. The maximum absolute atomic E-state index is 12.5. The quantitative estimate of drug-likeness (QED) is 0.528. The number of hydrogen-bond donors (Lipinski definition) is 0. The number of aromatic nitrogens is 1. The van der Waals surface area contributed by atoms with Crippen molar-refractivity contribution in [3.63, 3.8) is 0 Å². The van der Waals surface area contributed by atoms with Crippen LogP contribution in [0.3, 0.4) is 0 Å². The molecule has 0 aliphatic carbocycles. The summed E-state index contributed by atoms with van der Waals surface area (Å²) in [6.45, 7) is 8.49. The SMILES string of the molecule is Cc1cc(C(=O)COC(=O)Cc2ccc(N3CCCC3=O)cc2)c(C)n1C(C)C. The maximum atomic E-state index is 12.5. The Morgan fingerprint density at radius 1 is 1.14 bits per heavy atom. The van der Waals surface area contributed by atoms with E-state index in [0.717, 1.165) is 35.6 Å². The van der Waals surface area contributed by atoms with Crippen LogP contribution in [0, 0.1) is 13.8 Å². The molecule has 1 fully saturated rings. The van der Waals surface area contributed by atoms with Crippen molar-refractivity contribution in [2.75, 3.05) is 18.1 Å². The molecule has 154 valence electrons. The third kappa shape index (κ3) is 4.58. The number of esters is 1. The summed E-state index contributed by atoms with van der Waals surface area (Å²) in [5.74, 6) is -0.505. The van der Waals surface area contributed by atoms with Crippen LogP contribution < -0.4 is 4.90 Å². The molecule has 29 heavy (non-hydrogen) atoms. The van der Waals surface area contributed by atoms with Gasteiger partial charge in [-0.15, -0.1) is 0 Å². The number of amides is 1. The number of Topliss-reactive ketones (excluding diaryl/α,β-unsaturated/α-hetero) is 1. The van der Waals surface area contributed by atoms with Gasteiger partial charge in [0.25, 0.3) is 0 Å². The lowest BCUT2D eigenvalue weighted by molar-refractivity contribution is -0.141.